The van der Waals surface area contributed by atoms with Crippen molar-refractivity contribution in [2.24, 2.45) is 0 Å². The van der Waals surface area contributed by atoms with Gasteiger partial charge in [-0.3, -0.25) is 4.68 Å². The molecule has 4 heteroatoms. The summed E-state index contributed by atoms with van der Waals surface area (Å²) in [4.78, 5) is 2.03. The van der Waals surface area contributed by atoms with Gasteiger partial charge in [0.05, 0.1) is 5.69 Å². The molecule has 102 valence electrons. The Morgan fingerprint density at radius 2 is 2.11 bits per heavy atom. The first-order valence-corrected chi connectivity index (χ1v) is 6.60. The van der Waals surface area contributed by atoms with Crippen molar-refractivity contribution in [2.45, 2.75) is 26.0 Å². The maximum absolute atomic E-state index is 10.5. The first-order chi connectivity index (χ1) is 9.13. The van der Waals surface area contributed by atoms with Gasteiger partial charge >= 0.3 is 0 Å². The Hall–Kier alpha value is -1.81. The Balaban J connectivity index is 2.30. The number of nitrogens with zero attached hydrogens (tertiary/aromatic N) is 3. The number of anilines is 1. The maximum atomic E-state index is 10.5. The van der Waals surface area contributed by atoms with E-state index in [1.807, 2.05) is 54.0 Å². The van der Waals surface area contributed by atoms with Gasteiger partial charge in [0.1, 0.15) is 6.10 Å². The molecule has 2 rings (SSSR count). The molecule has 1 unspecified atom stereocenters. The summed E-state index contributed by atoms with van der Waals surface area (Å²) in [5.41, 5.74) is 2.82. The van der Waals surface area contributed by atoms with Crippen LogP contribution in [0.15, 0.2) is 36.5 Å². The summed E-state index contributed by atoms with van der Waals surface area (Å²) in [6, 6.07) is 9.82. The average molecular weight is 259 g/mol. The Bertz CT molecular complexity index is 534. The first kappa shape index (κ1) is 13.6. The minimum Gasteiger partial charge on any atom is -0.382 e. The number of hydrogen-bond donors (Lipinski definition) is 1. The summed E-state index contributed by atoms with van der Waals surface area (Å²) in [6.45, 7) is 2.93. The lowest BCUT2D eigenvalue weighted by Crippen LogP contribution is -2.12. The van der Waals surface area contributed by atoms with Gasteiger partial charge in [0.2, 0.25) is 0 Å². The molecule has 19 heavy (non-hydrogen) atoms. The minimum atomic E-state index is -0.631. The molecular formula is C15H21N3O. The Labute approximate surface area is 114 Å². The van der Waals surface area contributed by atoms with Crippen molar-refractivity contribution in [1.82, 2.24) is 9.78 Å². The van der Waals surface area contributed by atoms with Crippen LogP contribution in [0.3, 0.4) is 0 Å². The van der Waals surface area contributed by atoms with Crippen LogP contribution in [0.5, 0.6) is 0 Å². The summed E-state index contributed by atoms with van der Waals surface area (Å²) in [7, 11) is 3.99. The summed E-state index contributed by atoms with van der Waals surface area (Å²) in [5.74, 6) is 0. The van der Waals surface area contributed by atoms with Crippen molar-refractivity contribution in [1.29, 1.82) is 0 Å². The fourth-order valence-corrected chi connectivity index (χ4v) is 2.12. The van der Waals surface area contributed by atoms with E-state index in [0.717, 1.165) is 29.9 Å². The smallest absolute Gasteiger partial charge is 0.121 e. The van der Waals surface area contributed by atoms with Gasteiger partial charge in [-0.05, 0) is 30.2 Å². The van der Waals surface area contributed by atoms with Crippen LogP contribution >= 0.6 is 0 Å². The van der Waals surface area contributed by atoms with E-state index in [0.29, 0.717) is 0 Å². The molecule has 1 heterocycles. The van der Waals surface area contributed by atoms with Crippen molar-refractivity contribution in [3.05, 3.63) is 47.8 Å². The summed E-state index contributed by atoms with van der Waals surface area (Å²) in [5, 5.41) is 14.8. The van der Waals surface area contributed by atoms with E-state index in [9.17, 15) is 5.11 Å². The van der Waals surface area contributed by atoms with Gasteiger partial charge < -0.3 is 10.0 Å². The van der Waals surface area contributed by atoms with Crippen LogP contribution in [-0.2, 0) is 6.54 Å². The average Bonchev–Trinajstić information content (AvgIpc) is 2.86. The standard InChI is InChI=1S/C15H21N3O/c1-4-10-18-14(8-9-16-18)15(19)12-6-5-7-13(11-12)17(2)3/h5-9,11,15,19H,4,10H2,1-3H3. The molecule has 1 atom stereocenters. The van der Waals surface area contributed by atoms with E-state index in [4.69, 9.17) is 0 Å². The number of hydrogen-bond acceptors (Lipinski definition) is 3. The third-order valence-electron chi connectivity index (χ3n) is 3.17. The summed E-state index contributed by atoms with van der Waals surface area (Å²) >= 11 is 0. The fraction of sp³-hybridized carbons (Fsp3) is 0.400. The topological polar surface area (TPSA) is 41.3 Å². The highest BCUT2D eigenvalue weighted by atomic mass is 16.3. The number of aliphatic hydroxyl groups is 1. The van der Waals surface area contributed by atoms with Crippen molar-refractivity contribution < 1.29 is 5.11 Å². The van der Waals surface area contributed by atoms with E-state index < -0.39 is 6.10 Å². The molecule has 0 radical (unpaired) electrons. The maximum Gasteiger partial charge on any atom is 0.121 e. The number of aliphatic hydroxyl groups excluding tert-OH is 1. The molecular weight excluding hydrogens is 238 g/mol. The molecule has 0 aliphatic carbocycles. The monoisotopic (exact) mass is 259 g/mol. The highest BCUT2D eigenvalue weighted by molar-refractivity contribution is 5.48. The molecule has 4 nitrogen and oxygen atoms in total. The molecule has 0 fully saturated rings. The zero-order valence-corrected chi connectivity index (χ0v) is 11.7. The lowest BCUT2D eigenvalue weighted by atomic mass is 10.1. The van der Waals surface area contributed by atoms with Crippen LogP contribution in [0.1, 0.15) is 30.7 Å². The van der Waals surface area contributed by atoms with Gasteiger partial charge in [-0.25, -0.2) is 0 Å². The molecule has 1 N–H and O–H groups in total. The molecule has 0 aliphatic heterocycles. The van der Waals surface area contributed by atoms with Crippen LogP contribution in [-0.4, -0.2) is 29.0 Å². The molecule has 1 aromatic carbocycles. The highest BCUT2D eigenvalue weighted by Gasteiger charge is 2.15. The summed E-state index contributed by atoms with van der Waals surface area (Å²) in [6.07, 6.45) is 2.11. The van der Waals surface area contributed by atoms with Crippen LogP contribution in [0.25, 0.3) is 0 Å². The molecule has 0 amide bonds. The zero-order valence-electron chi connectivity index (χ0n) is 11.7. The molecule has 0 spiro atoms. The predicted octanol–water partition coefficient (Wildman–Crippen LogP) is 2.44. The van der Waals surface area contributed by atoms with Crippen LogP contribution in [0.2, 0.25) is 0 Å². The minimum absolute atomic E-state index is 0.631. The Morgan fingerprint density at radius 1 is 1.32 bits per heavy atom. The number of rotatable bonds is 5. The summed E-state index contributed by atoms with van der Waals surface area (Å²) < 4.78 is 1.87. The van der Waals surface area contributed by atoms with Gasteiger partial charge in [-0.1, -0.05) is 19.1 Å². The molecule has 0 saturated carbocycles. The van der Waals surface area contributed by atoms with E-state index >= 15 is 0 Å². The number of aromatic nitrogens is 2. The van der Waals surface area contributed by atoms with E-state index in [2.05, 4.69) is 12.0 Å². The second-order valence-corrected chi connectivity index (χ2v) is 4.87. The van der Waals surface area contributed by atoms with Crippen LogP contribution < -0.4 is 4.90 Å². The lowest BCUT2D eigenvalue weighted by molar-refractivity contribution is 0.207. The van der Waals surface area contributed by atoms with Crippen LogP contribution in [0.4, 0.5) is 5.69 Å². The zero-order chi connectivity index (χ0) is 13.8. The van der Waals surface area contributed by atoms with Gasteiger partial charge in [-0.15, -0.1) is 0 Å². The van der Waals surface area contributed by atoms with E-state index in [1.54, 1.807) is 6.20 Å². The first-order valence-electron chi connectivity index (χ1n) is 6.60. The van der Waals surface area contributed by atoms with Gasteiger partial charge in [0, 0.05) is 32.5 Å². The fourth-order valence-electron chi connectivity index (χ4n) is 2.12. The van der Waals surface area contributed by atoms with Crippen molar-refractivity contribution in [3.8, 4) is 0 Å². The second-order valence-electron chi connectivity index (χ2n) is 4.87. The lowest BCUT2D eigenvalue weighted by Gasteiger charge is -2.17. The third kappa shape index (κ3) is 2.96. The van der Waals surface area contributed by atoms with Crippen molar-refractivity contribution in [3.63, 3.8) is 0 Å². The van der Waals surface area contributed by atoms with Crippen LogP contribution in [0, 0.1) is 0 Å². The molecule has 0 saturated heterocycles. The normalized spacial score (nSPS) is 12.4. The molecule has 0 aliphatic rings. The molecule has 1 aromatic heterocycles. The largest absolute Gasteiger partial charge is 0.382 e. The highest BCUT2D eigenvalue weighted by Crippen LogP contribution is 2.25. The van der Waals surface area contributed by atoms with Gasteiger partial charge in [0.25, 0.3) is 0 Å². The predicted molar refractivity (Wildman–Crippen MR) is 77.3 cm³/mol. The second kappa shape index (κ2) is 5.89. The van der Waals surface area contributed by atoms with Gasteiger partial charge in [0.15, 0.2) is 0 Å². The SMILES string of the molecule is CCCn1nccc1C(O)c1cccc(N(C)C)c1. The Kier molecular flexibility index (Phi) is 4.22. The quantitative estimate of drug-likeness (QED) is 0.896. The van der Waals surface area contributed by atoms with Crippen molar-refractivity contribution in [2.75, 3.05) is 19.0 Å². The van der Waals surface area contributed by atoms with Crippen molar-refractivity contribution >= 4 is 5.69 Å². The third-order valence-corrected chi connectivity index (χ3v) is 3.17. The number of aryl methyl sites for hydroxylation is 1. The number of benzene rings is 1. The van der Waals surface area contributed by atoms with Gasteiger partial charge in [-0.2, -0.15) is 5.10 Å². The van der Waals surface area contributed by atoms with E-state index in [1.165, 1.54) is 0 Å². The van der Waals surface area contributed by atoms with E-state index in [-0.39, 0.29) is 0 Å². The molecule has 0 bridgehead atoms. The molecule has 2 aromatic rings. The Morgan fingerprint density at radius 3 is 2.79 bits per heavy atom.